The molecule has 0 aliphatic heterocycles. The van der Waals surface area contributed by atoms with Crippen molar-refractivity contribution in [2.75, 3.05) is 7.11 Å². The van der Waals surface area contributed by atoms with E-state index in [1.807, 2.05) is 30.3 Å². The summed E-state index contributed by atoms with van der Waals surface area (Å²) in [5.41, 5.74) is 2.49. The van der Waals surface area contributed by atoms with Gasteiger partial charge in [0.05, 0.1) is 13.2 Å². The number of ether oxygens (including phenoxy) is 1. The van der Waals surface area contributed by atoms with Crippen LogP contribution in [0.1, 0.15) is 24.0 Å². The Balaban J connectivity index is 1.73. The van der Waals surface area contributed by atoms with E-state index in [0.29, 0.717) is 6.42 Å². The summed E-state index contributed by atoms with van der Waals surface area (Å²) in [5, 5.41) is 10.1. The lowest BCUT2D eigenvalue weighted by Crippen LogP contribution is -2.10. The molecule has 1 N–H and O–H groups in total. The molecule has 0 aliphatic rings. The Hall–Kier alpha value is -1.80. The zero-order valence-corrected chi connectivity index (χ0v) is 12.0. The quantitative estimate of drug-likeness (QED) is 0.832. The lowest BCUT2D eigenvalue weighted by molar-refractivity contribution is 0.162. The molecule has 0 radical (unpaired) electrons. The summed E-state index contributed by atoms with van der Waals surface area (Å²) in [5.74, 6) is 0.854. The average molecular weight is 270 g/mol. The molecule has 2 aromatic rings. The molecule has 2 aromatic carbocycles. The van der Waals surface area contributed by atoms with Gasteiger partial charge >= 0.3 is 0 Å². The zero-order chi connectivity index (χ0) is 14.2. The summed E-state index contributed by atoms with van der Waals surface area (Å²) >= 11 is 0. The van der Waals surface area contributed by atoms with Gasteiger partial charge in [-0.25, -0.2) is 0 Å². The lowest BCUT2D eigenvalue weighted by Gasteiger charge is -2.11. The van der Waals surface area contributed by atoms with E-state index in [2.05, 4.69) is 24.3 Å². The molecule has 1 unspecified atom stereocenters. The summed E-state index contributed by atoms with van der Waals surface area (Å²) in [4.78, 5) is 0. The van der Waals surface area contributed by atoms with Gasteiger partial charge in [0.2, 0.25) is 0 Å². The monoisotopic (exact) mass is 270 g/mol. The van der Waals surface area contributed by atoms with Crippen LogP contribution in [0, 0.1) is 0 Å². The van der Waals surface area contributed by atoms with E-state index in [-0.39, 0.29) is 6.10 Å². The van der Waals surface area contributed by atoms with Crippen molar-refractivity contribution in [2.45, 2.75) is 31.8 Å². The van der Waals surface area contributed by atoms with Crippen molar-refractivity contribution in [3.8, 4) is 5.75 Å². The highest BCUT2D eigenvalue weighted by Crippen LogP contribution is 2.14. The maximum Gasteiger partial charge on any atom is 0.118 e. The van der Waals surface area contributed by atoms with Gasteiger partial charge in [-0.2, -0.15) is 0 Å². The largest absolute Gasteiger partial charge is 0.497 e. The van der Waals surface area contributed by atoms with Gasteiger partial charge in [0.1, 0.15) is 5.75 Å². The third kappa shape index (κ3) is 4.71. The van der Waals surface area contributed by atoms with E-state index in [4.69, 9.17) is 4.74 Å². The number of rotatable bonds is 7. The SMILES string of the molecule is COc1ccc(CC(O)CCCc2ccccc2)cc1. The van der Waals surface area contributed by atoms with Gasteiger partial charge in [-0.05, 0) is 48.9 Å². The first-order chi connectivity index (χ1) is 9.78. The highest BCUT2D eigenvalue weighted by atomic mass is 16.5. The van der Waals surface area contributed by atoms with Crippen LogP contribution in [0.3, 0.4) is 0 Å². The Morgan fingerprint density at radius 3 is 2.30 bits per heavy atom. The smallest absolute Gasteiger partial charge is 0.118 e. The van der Waals surface area contributed by atoms with E-state index < -0.39 is 0 Å². The first-order valence-electron chi connectivity index (χ1n) is 7.13. The Kier molecular flexibility index (Phi) is 5.63. The summed E-state index contributed by atoms with van der Waals surface area (Å²) in [6.45, 7) is 0. The van der Waals surface area contributed by atoms with Crippen LogP contribution in [-0.2, 0) is 12.8 Å². The predicted molar refractivity (Wildman–Crippen MR) is 82.1 cm³/mol. The molecular weight excluding hydrogens is 248 g/mol. The second kappa shape index (κ2) is 7.71. The number of aliphatic hydroxyl groups excluding tert-OH is 1. The first kappa shape index (κ1) is 14.6. The number of hydrogen-bond acceptors (Lipinski definition) is 2. The van der Waals surface area contributed by atoms with Crippen LogP contribution in [0.2, 0.25) is 0 Å². The minimum Gasteiger partial charge on any atom is -0.497 e. The molecule has 2 nitrogen and oxygen atoms in total. The normalized spacial score (nSPS) is 12.1. The van der Waals surface area contributed by atoms with Gasteiger partial charge in [-0.1, -0.05) is 42.5 Å². The zero-order valence-electron chi connectivity index (χ0n) is 12.0. The summed E-state index contributed by atoms with van der Waals surface area (Å²) in [6, 6.07) is 18.3. The molecule has 20 heavy (non-hydrogen) atoms. The number of benzene rings is 2. The summed E-state index contributed by atoms with van der Waals surface area (Å²) in [7, 11) is 1.66. The van der Waals surface area contributed by atoms with Gasteiger partial charge in [0.25, 0.3) is 0 Å². The van der Waals surface area contributed by atoms with Crippen LogP contribution in [0.5, 0.6) is 5.75 Å². The molecule has 0 fully saturated rings. The number of methoxy groups -OCH3 is 1. The molecule has 106 valence electrons. The third-order valence-electron chi connectivity index (χ3n) is 3.48. The Labute approximate surface area is 121 Å². The van der Waals surface area contributed by atoms with Crippen LogP contribution >= 0.6 is 0 Å². The molecule has 0 saturated carbocycles. The van der Waals surface area contributed by atoms with Crippen LogP contribution in [0.4, 0.5) is 0 Å². The van der Waals surface area contributed by atoms with Crippen molar-refractivity contribution in [1.29, 1.82) is 0 Å². The highest BCUT2D eigenvalue weighted by molar-refractivity contribution is 5.27. The molecule has 1 atom stereocenters. The average Bonchev–Trinajstić information content (AvgIpc) is 2.49. The van der Waals surface area contributed by atoms with Crippen LogP contribution < -0.4 is 4.74 Å². The van der Waals surface area contributed by atoms with Crippen molar-refractivity contribution in [2.24, 2.45) is 0 Å². The third-order valence-corrected chi connectivity index (χ3v) is 3.48. The highest BCUT2D eigenvalue weighted by Gasteiger charge is 2.06. The van der Waals surface area contributed by atoms with Crippen molar-refractivity contribution in [1.82, 2.24) is 0 Å². The second-order valence-corrected chi connectivity index (χ2v) is 5.08. The van der Waals surface area contributed by atoms with Crippen LogP contribution in [-0.4, -0.2) is 18.3 Å². The molecule has 2 rings (SSSR count). The van der Waals surface area contributed by atoms with Crippen molar-refractivity contribution >= 4 is 0 Å². The summed E-state index contributed by atoms with van der Waals surface area (Å²) in [6.07, 6.45) is 3.31. The molecule has 0 amide bonds. The van der Waals surface area contributed by atoms with Crippen molar-refractivity contribution < 1.29 is 9.84 Å². The molecule has 0 aliphatic carbocycles. The molecule has 0 spiro atoms. The van der Waals surface area contributed by atoms with Crippen molar-refractivity contribution in [3.63, 3.8) is 0 Å². The summed E-state index contributed by atoms with van der Waals surface area (Å²) < 4.78 is 5.13. The predicted octanol–water partition coefficient (Wildman–Crippen LogP) is 3.62. The molecule has 2 heteroatoms. The Morgan fingerprint density at radius 2 is 1.65 bits per heavy atom. The lowest BCUT2D eigenvalue weighted by atomic mass is 10.0. The Morgan fingerprint density at radius 1 is 0.950 bits per heavy atom. The topological polar surface area (TPSA) is 29.5 Å². The van der Waals surface area contributed by atoms with Gasteiger partial charge in [-0.15, -0.1) is 0 Å². The Bertz CT molecular complexity index is 491. The fourth-order valence-corrected chi connectivity index (χ4v) is 2.32. The number of aliphatic hydroxyl groups is 1. The van der Waals surface area contributed by atoms with Gasteiger partial charge in [-0.3, -0.25) is 0 Å². The minimum atomic E-state index is -0.271. The minimum absolute atomic E-state index is 0.271. The molecule has 0 aromatic heterocycles. The maximum atomic E-state index is 10.1. The maximum absolute atomic E-state index is 10.1. The molecular formula is C18H22O2. The molecule has 0 heterocycles. The van der Waals surface area contributed by atoms with Crippen LogP contribution in [0.15, 0.2) is 54.6 Å². The molecule has 0 bridgehead atoms. The standard InChI is InChI=1S/C18H22O2/c1-20-18-12-10-16(11-13-18)14-17(19)9-5-8-15-6-3-2-4-7-15/h2-4,6-7,10-13,17,19H,5,8-9,14H2,1H3. The van der Waals surface area contributed by atoms with Crippen LogP contribution in [0.25, 0.3) is 0 Å². The fraction of sp³-hybridized carbons (Fsp3) is 0.333. The first-order valence-corrected chi connectivity index (χ1v) is 7.13. The molecule has 0 saturated heterocycles. The van der Waals surface area contributed by atoms with Gasteiger partial charge in [0.15, 0.2) is 0 Å². The number of aryl methyl sites for hydroxylation is 1. The fourth-order valence-electron chi connectivity index (χ4n) is 2.32. The van der Waals surface area contributed by atoms with Crippen molar-refractivity contribution in [3.05, 3.63) is 65.7 Å². The van der Waals surface area contributed by atoms with Gasteiger partial charge < -0.3 is 9.84 Å². The van der Waals surface area contributed by atoms with Gasteiger partial charge in [0, 0.05) is 0 Å². The van der Waals surface area contributed by atoms with E-state index >= 15 is 0 Å². The van der Waals surface area contributed by atoms with E-state index in [9.17, 15) is 5.11 Å². The van der Waals surface area contributed by atoms with E-state index in [0.717, 1.165) is 30.6 Å². The second-order valence-electron chi connectivity index (χ2n) is 5.08. The van der Waals surface area contributed by atoms with E-state index in [1.165, 1.54) is 5.56 Å². The number of hydrogen-bond donors (Lipinski definition) is 1. The van der Waals surface area contributed by atoms with E-state index in [1.54, 1.807) is 7.11 Å².